The van der Waals surface area contributed by atoms with E-state index >= 15 is 0 Å². The Kier molecular flexibility index (Phi) is 9.66. The molecule has 0 bridgehead atoms. The Balaban J connectivity index is 5.14. The third-order valence-corrected chi connectivity index (χ3v) is 3.96. The van der Waals surface area contributed by atoms with Gasteiger partial charge in [0.25, 0.3) is 0 Å². The molecule has 0 aliphatic carbocycles. The monoisotopic (exact) mass is 388 g/mol. The Labute approximate surface area is 163 Å². The summed E-state index contributed by atoms with van der Waals surface area (Å²) in [6.07, 6.45) is 0.914. The van der Waals surface area contributed by atoms with Crippen molar-refractivity contribution in [1.82, 2.24) is 16.0 Å². The first kappa shape index (κ1) is 24.7. The van der Waals surface area contributed by atoms with Gasteiger partial charge in [0.2, 0.25) is 5.91 Å². The molecule has 2 atom stereocenters. The lowest BCUT2D eigenvalue weighted by molar-refractivity contribution is -0.130. The van der Waals surface area contributed by atoms with Crippen molar-refractivity contribution in [3.63, 3.8) is 0 Å². The van der Waals surface area contributed by atoms with Crippen molar-refractivity contribution in [1.29, 1.82) is 0 Å². The number of urea groups is 1. The minimum atomic E-state index is -0.875. The third-order valence-electron chi connectivity index (χ3n) is 3.74. The number of hydrogen-bond acceptors (Lipinski definition) is 5. The van der Waals surface area contributed by atoms with E-state index in [0.29, 0.717) is 19.4 Å². The van der Waals surface area contributed by atoms with Crippen LogP contribution in [0.4, 0.5) is 4.79 Å². The predicted molar refractivity (Wildman–Crippen MR) is 108 cm³/mol. The number of rotatable bonds is 10. The molecule has 0 heterocycles. The summed E-state index contributed by atoms with van der Waals surface area (Å²) in [5, 5.41) is 8.66. The normalized spacial score (nSPS) is 14.7. The first-order valence-corrected chi connectivity index (χ1v) is 9.48. The zero-order valence-corrected chi connectivity index (χ0v) is 18.0. The molecule has 0 saturated carbocycles. The number of nitrogens with two attached hydrogens (primary N) is 1. The summed E-state index contributed by atoms with van der Waals surface area (Å²) < 4.78 is -0.875. The van der Waals surface area contributed by atoms with E-state index in [1.807, 2.05) is 34.6 Å². The molecule has 0 aromatic heterocycles. The molecule has 0 aromatic rings. The molecule has 0 aromatic carbocycles. The molecule has 0 radical (unpaired) electrons. The number of amides is 3. The first-order valence-electron chi connectivity index (χ1n) is 9.03. The SMILES string of the molecule is CC(C)C(NC(C)(C)C)C(=O)NC(CCCNC(N)=O)C(=O)C(C)(C)S. The average molecular weight is 389 g/mol. The second-order valence-corrected chi connectivity index (χ2v) is 9.65. The second-order valence-electron chi connectivity index (χ2n) is 8.53. The van der Waals surface area contributed by atoms with Crippen LogP contribution in [0, 0.1) is 5.92 Å². The Morgan fingerprint density at radius 3 is 2.00 bits per heavy atom. The van der Waals surface area contributed by atoms with Gasteiger partial charge in [-0.15, -0.1) is 0 Å². The first-order chi connectivity index (χ1) is 11.6. The molecule has 26 heavy (non-hydrogen) atoms. The maximum Gasteiger partial charge on any atom is 0.312 e. The van der Waals surface area contributed by atoms with E-state index in [9.17, 15) is 14.4 Å². The maximum absolute atomic E-state index is 12.8. The average Bonchev–Trinajstić information content (AvgIpc) is 2.44. The fourth-order valence-electron chi connectivity index (χ4n) is 2.48. The largest absolute Gasteiger partial charge is 0.352 e. The molecule has 0 fully saturated rings. The molecule has 3 amide bonds. The van der Waals surface area contributed by atoms with Gasteiger partial charge in [-0.05, 0) is 53.4 Å². The lowest BCUT2D eigenvalue weighted by Gasteiger charge is -2.32. The molecule has 8 heteroatoms. The molecule has 152 valence electrons. The van der Waals surface area contributed by atoms with Crippen molar-refractivity contribution in [2.45, 2.75) is 83.7 Å². The molecule has 0 aliphatic heterocycles. The van der Waals surface area contributed by atoms with E-state index in [-0.39, 0.29) is 23.1 Å². The molecule has 2 unspecified atom stereocenters. The quantitative estimate of drug-likeness (QED) is 0.289. The number of hydrogen-bond donors (Lipinski definition) is 5. The molecule has 5 N–H and O–H groups in total. The van der Waals surface area contributed by atoms with Gasteiger partial charge in [0.05, 0.1) is 16.8 Å². The summed E-state index contributed by atoms with van der Waals surface area (Å²) in [6, 6.07) is -1.70. The van der Waals surface area contributed by atoms with Crippen LogP contribution in [0.1, 0.15) is 61.3 Å². The zero-order chi connectivity index (χ0) is 20.7. The van der Waals surface area contributed by atoms with Gasteiger partial charge in [0.1, 0.15) is 0 Å². The molecular formula is C18H36N4O3S. The Morgan fingerprint density at radius 1 is 1.08 bits per heavy atom. The summed E-state index contributed by atoms with van der Waals surface area (Å²) in [5.41, 5.74) is 4.81. The predicted octanol–water partition coefficient (Wildman–Crippen LogP) is 1.61. The number of ketones is 1. The molecule has 7 nitrogen and oxygen atoms in total. The number of thiol groups is 1. The van der Waals surface area contributed by atoms with Crippen molar-refractivity contribution < 1.29 is 14.4 Å². The Bertz CT molecular complexity index is 496. The van der Waals surface area contributed by atoms with Crippen LogP contribution >= 0.6 is 12.6 Å². The highest BCUT2D eigenvalue weighted by Crippen LogP contribution is 2.18. The zero-order valence-electron chi connectivity index (χ0n) is 17.1. The number of nitrogens with one attached hydrogen (secondary N) is 3. The van der Waals surface area contributed by atoms with Crippen LogP contribution in [0.25, 0.3) is 0 Å². The van der Waals surface area contributed by atoms with Crippen LogP contribution in [-0.4, -0.2) is 46.6 Å². The van der Waals surface area contributed by atoms with E-state index in [2.05, 4.69) is 28.6 Å². The van der Waals surface area contributed by atoms with Crippen LogP contribution in [0.15, 0.2) is 0 Å². The fourth-order valence-corrected chi connectivity index (χ4v) is 2.63. The maximum atomic E-state index is 12.8. The lowest BCUT2D eigenvalue weighted by Crippen LogP contribution is -2.58. The molecule has 0 aliphatic rings. The standard InChI is InChI=1S/C18H36N4O3S/c1-11(2)13(22-17(3,4)5)15(24)21-12(14(23)18(6,7)26)9-8-10-20-16(19)25/h11-13,22,26H,8-10H2,1-7H3,(H,21,24)(H3,19,20,25). The van der Waals surface area contributed by atoms with Crippen LogP contribution in [0.2, 0.25) is 0 Å². The highest BCUT2D eigenvalue weighted by molar-refractivity contribution is 7.82. The van der Waals surface area contributed by atoms with Gasteiger partial charge in [-0.1, -0.05) is 13.8 Å². The van der Waals surface area contributed by atoms with Gasteiger partial charge in [0.15, 0.2) is 5.78 Å². The summed E-state index contributed by atoms with van der Waals surface area (Å²) >= 11 is 4.34. The highest BCUT2D eigenvalue weighted by atomic mass is 32.1. The summed E-state index contributed by atoms with van der Waals surface area (Å²) in [5.74, 6) is -0.314. The molecule has 0 rings (SSSR count). The summed E-state index contributed by atoms with van der Waals surface area (Å²) in [7, 11) is 0. The van der Waals surface area contributed by atoms with Crippen LogP contribution < -0.4 is 21.7 Å². The van der Waals surface area contributed by atoms with E-state index in [0.717, 1.165) is 0 Å². The number of carbonyl (C=O) groups is 3. The molecule has 0 saturated heterocycles. The topological polar surface area (TPSA) is 113 Å². The molecule has 0 spiro atoms. The van der Waals surface area contributed by atoms with E-state index in [1.165, 1.54) is 0 Å². The number of primary amides is 1. The van der Waals surface area contributed by atoms with E-state index in [4.69, 9.17) is 5.73 Å². The fraction of sp³-hybridized carbons (Fsp3) is 0.833. The minimum Gasteiger partial charge on any atom is -0.352 e. The second kappa shape index (κ2) is 10.2. The van der Waals surface area contributed by atoms with Gasteiger partial charge in [-0.25, -0.2) is 4.79 Å². The Hall–Kier alpha value is -1.28. The van der Waals surface area contributed by atoms with Gasteiger partial charge in [-0.3, -0.25) is 9.59 Å². The minimum absolute atomic E-state index is 0.0607. The van der Waals surface area contributed by atoms with Crippen LogP contribution in [0.5, 0.6) is 0 Å². The van der Waals surface area contributed by atoms with Crippen molar-refractivity contribution in [3.05, 3.63) is 0 Å². The van der Waals surface area contributed by atoms with Crippen LogP contribution in [0.3, 0.4) is 0 Å². The van der Waals surface area contributed by atoms with Crippen molar-refractivity contribution in [2.24, 2.45) is 11.7 Å². The van der Waals surface area contributed by atoms with Crippen molar-refractivity contribution >= 4 is 30.4 Å². The lowest BCUT2D eigenvalue weighted by atomic mass is 9.94. The third kappa shape index (κ3) is 10.0. The van der Waals surface area contributed by atoms with E-state index in [1.54, 1.807) is 13.8 Å². The van der Waals surface area contributed by atoms with Crippen LogP contribution in [-0.2, 0) is 9.59 Å². The van der Waals surface area contributed by atoms with Gasteiger partial charge in [0, 0.05) is 12.1 Å². The smallest absolute Gasteiger partial charge is 0.312 e. The summed E-state index contributed by atoms with van der Waals surface area (Å²) in [4.78, 5) is 36.3. The number of carbonyl (C=O) groups excluding carboxylic acids is 3. The number of Topliss-reactive ketones (excluding diaryl/α,β-unsaturated/α-hetero) is 1. The Morgan fingerprint density at radius 2 is 1.62 bits per heavy atom. The van der Waals surface area contributed by atoms with Crippen molar-refractivity contribution in [3.8, 4) is 0 Å². The summed E-state index contributed by atoms with van der Waals surface area (Å²) in [6.45, 7) is 13.6. The highest BCUT2D eigenvalue weighted by Gasteiger charge is 2.34. The van der Waals surface area contributed by atoms with Crippen molar-refractivity contribution in [2.75, 3.05) is 6.54 Å². The van der Waals surface area contributed by atoms with Gasteiger partial charge >= 0.3 is 6.03 Å². The van der Waals surface area contributed by atoms with Gasteiger partial charge < -0.3 is 21.7 Å². The van der Waals surface area contributed by atoms with Gasteiger partial charge in [-0.2, -0.15) is 12.6 Å². The van der Waals surface area contributed by atoms with E-state index < -0.39 is 22.9 Å². The molecular weight excluding hydrogens is 352 g/mol.